The molecule has 5 rings (SSSR count). The highest BCUT2D eigenvalue weighted by atomic mass is 16.5. The van der Waals surface area contributed by atoms with E-state index in [1.54, 1.807) is 40.6 Å². The molecule has 0 spiro atoms. The Balaban J connectivity index is 1.42. The monoisotopic (exact) mass is 564 g/mol. The minimum absolute atomic E-state index is 0.0802. The van der Waals surface area contributed by atoms with Gasteiger partial charge in [-0.15, -0.1) is 0 Å². The Labute approximate surface area is 252 Å². The van der Waals surface area contributed by atoms with E-state index in [0.29, 0.717) is 48.4 Å². The van der Waals surface area contributed by atoms with E-state index >= 15 is 0 Å². The van der Waals surface area contributed by atoms with Crippen LogP contribution in [0.1, 0.15) is 27.0 Å². The van der Waals surface area contributed by atoms with Gasteiger partial charge in [-0.25, -0.2) is 0 Å². The average molecular weight is 563 g/mol. The number of carbonyl (C=O) groups excluding carboxylic acids is 3. The van der Waals surface area contributed by atoms with Crippen LogP contribution in [0.5, 0.6) is 11.5 Å². The Morgan fingerprint density at radius 2 is 1.55 bits per heavy atom. The number of imide groups is 1. The summed E-state index contributed by atoms with van der Waals surface area (Å²) in [6, 6.07) is 5.43. The molecule has 4 N–H and O–H groups in total. The summed E-state index contributed by atoms with van der Waals surface area (Å²) >= 11 is 0. The van der Waals surface area contributed by atoms with Crippen molar-refractivity contribution >= 4 is 89.3 Å². The molecule has 2 fully saturated rings. The summed E-state index contributed by atoms with van der Waals surface area (Å²) in [5, 5.41) is 26.3. The maximum atomic E-state index is 13.8. The van der Waals surface area contributed by atoms with Crippen LogP contribution >= 0.6 is 0 Å². The lowest BCUT2D eigenvalue weighted by molar-refractivity contribution is -0.140. The molecule has 212 valence electrons. The van der Waals surface area contributed by atoms with Gasteiger partial charge in [0.15, 0.2) is 0 Å². The fourth-order valence-electron chi connectivity index (χ4n) is 6.59. The summed E-state index contributed by atoms with van der Waals surface area (Å²) in [6.07, 6.45) is 0. The number of hydrogen-bond donors (Lipinski definition) is 4. The molecule has 1 atom stereocenters. The Morgan fingerprint density at radius 3 is 2.17 bits per heavy atom. The van der Waals surface area contributed by atoms with E-state index in [2.05, 4.69) is 15.5 Å². The highest BCUT2D eigenvalue weighted by molar-refractivity contribution is 6.66. The predicted octanol–water partition coefficient (Wildman–Crippen LogP) is -7.23. The van der Waals surface area contributed by atoms with E-state index in [4.69, 9.17) is 4.74 Å². The molecular weight excluding hydrogens is 528 g/mol. The number of benzene rings is 2. The van der Waals surface area contributed by atoms with E-state index in [0.717, 1.165) is 29.9 Å². The first-order valence-electron chi connectivity index (χ1n) is 14.5. The second-order valence-electron chi connectivity index (χ2n) is 13.0. The van der Waals surface area contributed by atoms with Gasteiger partial charge < -0.3 is 25.2 Å². The molecule has 17 heteroatoms. The van der Waals surface area contributed by atoms with Crippen LogP contribution in [0.15, 0.2) is 18.2 Å². The van der Waals surface area contributed by atoms with Gasteiger partial charge in [-0.3, -0.25) is 24.6 Å². The van der Waals surface area contributed by atoms with Gasteiger partial charge in [-0.05, 0) is 33.8 Å². The highest BCUT2D eigenvalue weighted by Gasteiger charge is 2.64. The lowest BCUT2D eigenvalue weighted by Crippen LogP contribution is -2.75. The van der Waals surface area contributed by atoms with E-state index in [1.807, 2.05) is 37.5 Å². The quantitative estimate of drug-likeness (QED) is 0.202. The SMILES string of the molecule is Bc1c(O)c(CN2CCOCC2)c(O)c(B)c1CNc1cccc2c1CN(C1(B)C(=O)NC(=O)C(B)(B)C1(B)B)C2=O. The summed E-state index contributed by atoms with van der Waals surface area (Å²) in [5.74, 6) is -0.940. The molecule has 0 saturated carbocycles. The lowest BCUT2D eigenvalue weighted by Gasteiger charge is -2.59. The zero-order chi connectivity index (χ0) is 30.8. The number of aromatic hydroxyl groups is 2. The van der Waals surface area contributed by atoms with Crippen molar-refractivity contribution in [3.63, 3.8) is 0 Å². The van der Waals surface area contributed by atoms with Gasteiger partial charge in [0.1, 0.15) is 66.4 Å². The lowest BCUT2D eigenvalue weighted by atomic mass is 9.21. The highest BCUT2D eigenvalue weighted by Crippen LogP contribution is 2.55. The normalized spacial score (nSPS) is 23.4. The number of amides is 3. The van der Waals surface area contributed by atoms with Gasteiger partial charge in [-0.2, -0.15) is 0 Å². The third-order valence-electron chi connectivity index (χ3n) is 10.7. The molecule has 2 aromatic rings. The van der Waals surface area contributed by atoms with Crippen LogP contribution < -0.4 is 21.6 Å². The number of morpholine rings is 1. The molecular formula is C25H35B7N4O6. The van der Waals surface area contributed by atoms with Crippen molar-refractivity contribution in [3.8, 4) is 11.5 Å². The first kappa shape index (κ1) is 30.3. The molecule has 3 aliphatic rings. The van der Waals surface area contributed by atoms with Gasteiger partial charge in [-0.1, -0.05) is 11.3 Å². The first-order chi connectivity index (χ1) is 19.6. The molecule has 42 heavy (non-hydrogen) atoms. The van der Waals surface area contributed by atoms with Crippen LogP contribution in [0.4, 0.5) is 5.69 Å². The Hall–Kier alpha value is -3.18. The molecule has 1 unspecified atom stereocenters. The number of hydrogen-bond acceptors (Lipinski definition) is 8. The average Bonchev–Trinajstić information content (AvgIpc) is 3.30. The molecule has 0 aromatic heterocycles. The van der Waals surface area contributed by atoms with Crippen LogP contribution in [0.25, 0.3) is 0 Å². The second-order valence-corrected chi connectivity index (χ2v) is 13.0. The molecule has 0 aliphatic carbocycles. The summed E-state index contributed by atoms with van der Waals surface area (Å²) in [5.41, 5.74) is 3.37. The largest absolute Gasteiger partial charge is 0.508 e. The van der Waals surface area contributed by atoms with E-state index in [1.165, 1.54) is 0 Å². The Morgan fingerprint density at radius 1 is 0.929 bits per heavy atom. The number of carbonyl (C=O) groups is 3. The molecule has 0 radical (unpaired) electrons. The van der Waals surface area contributed by atoms with Crippen LogP contribution in [0.2, 0.25) is 10.4 Å². The maximum absolute atomic E-state index is 13.8. The maximum Gasteiger partial charge on any atom is 0.254 e. The Bertz CT molecular complexity index is 1470. The van der Waals surface area contributed by atoms with Crippen molar-refractivity contribution in [1.29, 1.82) is 0 Å². The molecule has 2 saturated heterocycles. The molecule has 2 aromatic carbocycles. The van der Waals surface area contributed by atoms with Crippen molar-refractivity contribution in [3.05, 3.63) is 40.5 Å². The van der Waals surface area contributed by atoms with Gasteiger partial charge in [0.05, 0.1) is 18.7 Å². The molecule has 3 aliphatic heterocycles. The number of piperidine rings is 1. The van der Waals surface area contributed by atoms with Crippen LogP contribution in [0.3, 0.4) is 0 Å². The summed E-state index contributed by atoms with van der Waals surface area (Å²) in [6.45, 7) is 3.67. The number of phenols is 2. The molecule has 3 heterocycles. The zero-order valence-corrected chi connectivity index (χ0v) is 25.6. The number of ether oxygens (including phenoxy) is 1. The Kier molecular flexibility index (Phi) is 7.59. The predicted molar refractivity (Wildman–Crippen MR) is 180 cm³/mol. The van der Waals surface area contributed by atoms with Crippen molar-refractivity contribution < 1.29 is 29.3 Å². The van der Waals surface area contributed by atoms with Crippen LogP contribution in [0, 0.1) is 0 Å². The number of nitrogens with one attached hydrogen (secondary N) is 2. The fourth-order valence-corrected chi connectivity index (χ4v) is 6.59. The van der Waals surface area contributed by atoms with Crippen LogP contribution in [-0.4, -0.2) is 124 Å². The minimum Gasteiger partial charge on any atom is -0.508 e. The summed E-state index contributed by atoms with van der Waals surface area (Å²) < 4.78 is 5.42. The minimum atomic E-state index is -1.28. The van der Waals surface area contributed by atoms with Gasteiger partial charge >= 0.3 is 0 Å². The standard InChI is InChI=1S/C25H35B7N4O6/c26-16-12(17(27)19(38)14(18(16)37)9-35-4-6-42-7-5-35)8-33-15-3-1-2-11-13(15)10-36(20(11)39)24(30)22(41)34-21(40)23(28,29)25(24,31)32/h1-3,33,37-38H,4-10,26-32H2,(H,34,40,41). The van der Waals surface area contributed by atoms with Gasteiger partial charge in [0.2, 0.25) is 11.8 Å². The van der Waals surface area contributed by atoms with Crippen molar-refractivity contribution in [1.82, 2.24) is 15.1 Å². The number of rotatable bonds is 6. The van der Waals surface area contributed by atoms with E-state index in [-0.39, 0.29) is 29.9 Å². The summed E-state index contributed by atoms with van der Waals surface area (Å²) in [4.78, 5) is 43.7. The number of nitrogens with zero attached hydrogens (tertiary/aromatic N) is 2. The van der Waals surface area contributed by atoms with Gasteiger partial charge in [0.25, 0.3) is 5.91 Å². The van der Waals surface area contributed by atoms with Crippen molar-refractivity contribution in [2.75, 3.05) is 31.6 Å². The summed E-state index contributed by atoms with van der Waals surface area (Å²) in [7, 11) is 12.8. The third-order valence-corrected chi connectivity index (χ3v) is 10.7. The molecule has 10 nitrogen and oxygen atoms in total. The van der Waals surface area contributed by atoms with E-state index in [9.17, 15) is 24.6 Å². The number of fused-ring (bicyclic) bond motifs is 1. The third kappa shape index (κ3) is 4.38. The number of phenolic OH excluding ortho intramolecular Hbond substituents is 2. The van der Waals surface area contributed by atoms with Crippen molar-refractivity contribution in [2.45, 2.75) is 35.5 Å². The molecule has 3 amide bonds. The first-order valence-corrected chi connectivity index (χ1v) is 14.5. The zero-order valence-electron chi connectivity index (χ0n) is 25.6. The van der Waals surface area contributed by atoms with Crippen LogP contribution in [-0.2, 0) is 34.0 Å². The smallest absolute Gasteiger partial charge is 0.254 e. The van der Waals surface area contributed by atoms with E-state index < -0.39 is 21.8 Å². The molecule has 0 bridgehead atoms. The van der Waals surface area contributed by atoms with Gasteiger partial charge in [0, 0.05) is 55.1 Å². The number of anilines is 1. The topological polar surface area (TPSA) is 131 Å². The fraction of sp³-hybridized carbons (Fsp3) is 0.400. The second kappa shape index (κ2) is 10.5. The van der Waals surface area contributed by atoms with Crippen molar-refractivity contribution in [2.24, 2.45) is 0 Å².